The maximum Gasteiger partial charge on any atom is 0.330 e. The molecule has 0 aliphatic carbocycles. The SMILES string of the molecule is COC(=O)C(CO)NC(=O)C(CC(=O)O)NC(=O)Nc1ccc(C#N)cc1. The largest absolute Gasteiger partial charge is 0.481 e. The van der Waals surface area contributed by atoms with E-state index in [4.69, 9.17) is 15.5 Å². The first-order chi connectivity index (χ1) is 12.8. The normalized spacial score (nSPS) is 12.0. The summed E-state index contributed by atoms with van der Waals surface area (Å²) < 4.78 is 4.39. The standard InChI is InChI=1S/C16H18N4O7/c1-27-15(25)12(8-21)19-14(24)11(6-13(22)23)20-16(26)18-10-4-2-9(7-17)3-5-10/h2-5,11-12,21H,6,8H2,1H3,(H,19,24)(H,22,23)(H2,18,20,26). The van der Waals surface area contributed by atoms with E-state index in [9.17, 15) is 19.2 Å². The third kappa shape index (κ3) is 7.00. The van der Waals surface area contributed by atoms with Crippen molar-refractivity contribution in [2.45, 2.75) is 18.5 Å². The maximum atomic E-state index is 12.2. The van der Waals surface area contributed by atoms with Gasteiger partial charge in [0.15, 0.2) is 6.04 Å². The van der Waals surface area contributed by atoms with Crippen molar-refractivity contribution in [2.75, 3.05) is 19.0 Å². The van der Waals surface area contributed by atoms with Gasteiger partial charge in [0.2, 0.25) is 5.91 Å². The molecule has 0 radical (unpaired) electrons. The van der Waals surface area contributed by atoms with Crippen LogP contribution in [0.3, 0.4) is 0 Å². The number of benzene rings is 1. The molecule has 11 nitrogen and oxygen atoms in total. The molecule has 3 amide bonds. The van der Waals surface area contributed by atoms with Crippen LogP contribution >= 0.6 is 0 Å². The van der Waals surface area contributed by atoms with Crippen LogP contribution in [0.4, 0.5) is 10.5 Å². The number of aliphatic hydroxyl groups is 1. The topological polar surface area (TPSA) is 178 Å². The molecule has 0 saturated heterocycles. The lowest BCUT2D eigenvalue weighted by Crippen LogP contribution is -2.54. The van der Waals surface area contributed by atoms with Crippen molar-refractivity contribution in [3.05, 3.63) is 29.8 Å². The van der Waals surface area contributed by atoms with Crippen molar-refractivity contribution in [3.63, 3.8) is 0 Å². The summed E-state index contributed by atoms with van der Waals surface area (Å²) in [5.41, 5.74) is 0.686. The van der Waals surface area contributed by atoms with Gasteiger partial charge in [-0.05, 0) is 24.3 Å². The lowest BCUT2D eigenvalue weighted by atomic mass is 10.1. The zero-order chi connectivity index (χ0) is 20.4. The predicted octanol–water partition coefficient (Wildman–Crippen LogP) is -0.827. The number of aliphatic carboxylic acids is 1. The number of anilines is 1. The van der Waals surface area contributed by atoms with Gasteiger partial charge in [0.05, 0.1) is 31.8 Å². The van der Waals surface area contributed by atoms with Crippen LogP contribution in [0.1, 0.15) is 12.0 Å². The molecule has 1 rings (SSSR count). The number of nitrogens with zero attached hydrogens (tertiary/aromatic N) is 1. The molecule has 5 N–H and O–H groups in total. The van der Waals surface area contributed by atoms with Gasteiger partial charge in [0, 0.05) is 5.69 Å². The second-order valence-corrected chi connectivity index (χ2v) is 5.20. The van der Waals surface area contributed by atoms with E-state index in [1.807, 2.05) is 6.07 Å². The molecule has 1 aromatic carbocycles. The smallest absolute Gasteiger partial charge is 0.330 e. The number of nitriles is 1. The number of urea groups is 1. The van der Waals surface area contributed by atoms with Crippen LogP contribution in [-0.2, 0) is 19.1 Å². The Hall–Kier alpha value is -3.65. The maximum absolute atomic E-state index is 12.2. The summed E-state index contributed by atoms with van der Waals surface area (Å²) in [4.78, 5) is 46.5. The van der Waals surface area contributed by atoms with Crippen LogP contribution in [0, 0.1) is 11.3 Å². The van der Waals surface area contributed by atoms with Crippen molar-refractivity contribution in [2.24, 2.45) is 0 Å². The third-order valence-electron chi connectivity index (χ3n) is 3.26. The number of rotatable bonds is 8. The average molecular weight is 378 g/mol. The highest BCUT2D eigenvalue weighted by molar-refractivity contribution is 5.96. The molecule has 0 aromatic heterocycles. The van der Waals surface area contributed by atoms with Gasteiger partial charge in [-0.25, -0.2) is 9.59 Å². The lowest BCUT2D eigenvalue weighted by molar-refractivity contribution is -0.146. The van der Waals surface area contributed by atoms with Gasteiger partial charge in [-0.1, -0.05) is 0 Å². The summed E-state index contributed by atoms with van der Waals surface area (Å²) in [6.07, 6.45) is -0.758. The summed E-state index contributed by atoms with van der Waals surface area (Å²) in [5.74, 6) is -3.29. The van der Waals surface area contributed by atoms with Gasteiger partial charge in [-0.3, -0.25) is 9.59 Å². The van der Waals surface area contributed by atoms with E-state index >= 15 is 0 Å². The highest BCUT2D eigenvalue weighted by Crippen LogP contribution is 2.08. The minimum Gasteiger partial charge on any atom is -0.481 e. The van der Waals surface area contributed by atoms with E-state index in [0.29, 0.717) is 11.3 Å². The highest BCUT2D eigenvalue weighted by Gasteiger charge is 2.28. The molecule has 2 unspecified atom stereocenters. The van der Waals surface area contributed by atoms with E-state index in [0.717, 1.165) is 7.11 Å². The molecule has 0 saturated carbocycles. The fraction of sp³-hybridized carbons (Fsp3) is 0.312. The average Bonchev–Trinajstić information content (AvgIpc) is 2.64. The van der Waals surface area contributed by atoms with Crippen LogP contribution in [0.25, 0.3) is 0 Å². The number of carbonyl (C=O) groups is 4. The Morgan fingerprint density at radius 1 is 1.15 bits per heavy atom. The van der Waals surface area contributed by atoms with E-state index < -0.39 is 49.0 Å². The number of carboxylic acid groups (broad SMARTS) is 1. The summed E-state index contributed by atoms with van der Waals surface area (Å²) in [5, 5.41) is 33.4. The van der Waals surface area contributed by atoms with Gasteiger partial charge in [0.25, 0.3) is 0 Å². The molecule has 0 heterocycles. The number of hydrogen-bond donors (Lipinski definition) is 5. The summed E-state index contributed by atoms with van der Waals surface area (Å²) in [6, 6.07) is 3.93. The van der Waals surface area contributed by atoms with Gasteiger partial charge in [-0.15, -0.1) is 0 Å². The van der Waals surface area contributed by atoms with Crippen molar-refractivity contribution in [3.8, 4) is 6.07 Å². The van der Waals surface area contributed by atoms with Crippen LogP contribution in [0.5, 0.6) is 0 Å². The quantitative estimate of drug-likeness (QED) is 0.364. The molecule has 0 bridgehead atoms. The molecule has 1 aromatic rings. The minimum absolute atomic E-state index is 0.309. The predicted molar refractivity (Wildman–Crippen MR) is 90.4 cm³/mol. The zero-order valence-corrected chi connectivity index (χ0v) is 14.3. The number of carboxylic acids is 1. The zero-order valence-electron chi connectivity index (χ0n) is 14.3. The fourth-order valence-corrected chi connectivity index (χ4v) is 1.93. The van der Waals surface area contributed by atoms with E-state index in [-0.39, 0.29) is 0 Å². The van der Waals surface area contributed by atoms with Gasteiger partial charge in [-0.2, -0.15) is 5.26 Å². The number of ether oxygens (including phenoxy) is 1. The first-order valence-electron chi connectivity index (χ1n) is 7.59. The van der Waals surface area contributed by atoms with Gasteiger partial charge in [0.1, 0.15) is 6.04 Å². The molecule has 2 atom stereocenters. The Morgan fingerprint density at radius 2 is 1.78 bits per heavy atom. The minimum atomic E-state index is -1.51. The number of amides is 3. The number of aliphatic hydroxyl groups excluding tert-OH is 1. The Morgan fingerprint density at radius 3 is 2.26 bits per heavy atom. The molecule has 0 aliphatic heterocycles. The number of nitrogens with one attached hydrogen (secondary N) is 3. The summed E-state index contributed by atoms with van der Waals surface area (Å²) >= 11 is 0. The number of carbonyl (C=O) groups excluding carboxylic acids is 3. The Labute approximate surface area is 153 Å². The highest BCUT2D eigenvalue weighted by atomic mass is 16.5. The lowest BCUT2D eigenvalue weighted by Gasteiger charge is -2.20. The molecule has 0 aliphatic rings. The van der Waals surface area contributed by atoms with Crippen LogP contribution in [-0.4, -0.2) is 59.9 Å². The van der Waals surface area contributed by atoms with E-state index in [1.54, 1.807) is 0 Å². The molecule has 144 valence electrons. The molecule has 0 spiro atoms. The Balaban J connectivity index is 2.78. The van der Waals surface area contributed by atoms with Crippen molar-refractivity contribution in [1.82, 2.24) is 10.6 Å². The number of esters is 1. The second-order valence-electron chi connectivity index (χ2n) is 5.20. The molecule has 0 fully saturated rings. The first-order valence-corrected chi connectivity index (χ1v) is 7.59. The van der Waals surface area contributed by atoms with Crippen LogP contribution in [0.15, 0.2) is 24.3 Å². The molecular weight excluding hydrogens is 360 g/mol. The second kappa shape index (κ2) is 10.4. The summed E-state index contributed by atoms with van der Waals surface area (Å²) in [6.45, 7) is -0.768. The van der Waals surface area contributed by atoms with Crippen LogP contribution < -0.4 is 16.0 Å². The monoisotopic (exact) mass is 378 g/mol. The van der Waals surface area contributed by atoms with Gasteiger partial charge < -0.3 is 30.9 Å². The number of hydrogen-bond acceptors (Lipinski definition) is 7. The van der Waals surface area contributed by atoms with Crippen molar-refractivity contribution < 1.29 is 34.1 Å². The Kier molecular flexibility index (Phi) is 8.21. The van der Waals surface area contributed by atoms with Crippen LogP contribution in [0.2, 0.25) is 0 Å². The molecular formula is C16H18N4O7. The van der Waals surface area contributed by atoms with E-state index in [2.05, 4.69) is 20.7 Å². The Bertz CT molecular complexity index is 742. The molecule has 27 heavy (non-hydrogen) atoms. The summed E-state index contributed by atoms with van der Waals surface area (Å²) in [7, 11) is 1.05. The fourth-order valence-electron chi connectivity index (χ4n) is 1.93. The van der Waals surface area contributed by atoms with Gasteiger partial charge >= 0.3 is 18.0 Å². The van der Waals surface area contributed by atoms with E-state index in [1.165, 1.54) is 24.3 Å². The van der Waals surface area contributed by atoms with Crippen molar-refractivity contribution >= 4 is 29.6 Å². The third-order valence-corrected chi connectivity index (χ3v) is 3.26. The number of methoxy groups -OCH3 is 1. The molecule has 11 heteroatoms. The van der Waals surface area contributed by atoms with Crippen molar-refractivity contribution in [1.29, 1.82) is 5.26 Å². The first kappa shape index (κ1) is 21.4.